The highest BCUT2D eigenvalue weighted by Crippen LogP contribution is 2.45. The Bertz CT molecular complexity index is 1630. The molecule has 6 rings (SSSR count). The van der Waals surface area contributed by atoms with Gasteiger partial charge in [-0.15, -0.1) is 0 Å². The second-order valence-corrected chi connectivity index (χ2v) is 11.4. The molecule has 212 valence electrons. The van der Waals surface area contributed by atoms with E-state index in [2.05, 4.69) is 30.9 Å². The minimum atomic E-state index is -0.561. The van der Waals surface area contributed by atoms with E-state index >= 15 is 0 Å². The molecule has 1 amide bonds. The molecular weight excluding hydrogens is 538 g/mol. The Morgan fingerprint density at radius 1 is 0.927 bits per heavy atom. The van der Waals surface area contributed by atoms with Gasteiger partial charge in [0, 0.05) is 50.4 Å². The predicted octanol–water partition coefficient (Wildman–Crippen LogP) is 5.61. The molecule has 8 nitrogen and oxygen atoms in total. The number of amides is 1. The Morgan fingerprint density at radius 2 is 1.54 bits per heavy atom. The van der Waals surface area contributed by atoms with Crippen molar-refractivity contribution in [1.29, 1.82) is 0 Å². The van der Waals surface area contributed by atoms with Crippen molar-refractivity contribution in [2.45, 2.75) is 39.0 Å². The molecule has 4 aromatic rings. The summed E-state index contributed by atoms with van der Waals surface area (Å²) in [6.07, 6.45) is -1.01. The third-order valence-electron chi connectivity index (χ3n) is 8.39. The number of ether oxygens (including phenoxy) is 1. The zero-order valence-electron chi connectivity index (χ0n) is 23.8. The van der Waals surface area contributed by atoms with E-state index in [4.69, 9.17) is 21.3 Å². The first-order valence-corrected chi connectivity index (χ1v) is 14.5. The van der Waals surface area contributed by atoms with Gasteiger partial charge in [0.2, 0.25) is 0 Å². The van der Waals surface area contributed by atoms with E-state index in [1.807, 2.05) is 48.3 Å². The maximum Gasteiger partial charge on any atom is 0.411 e. The maximum absolute atomic E-state index is 14.0. The Balaban J connectivity index is 1.34. The summed E-state index contributed by atoms with van der Waals surface area (Å²) in [6, 6.07) is 21.1. The Morgan fingerprint density at radius 3 is 2.15 bits per heavy atom. The van der Waals surface area contributed by atoms with E-state index in [0.717, 1.165) is 35.3 Å². The zero-order chi connectivity index (χ0) is 28.8. The molecular formula is C32H34ClN5O3. The number of nitrogens with zero attached hydrogens (tertiary/aromatic N) is 5. The van der Waals surface area contributed by atoms with Crippen LogP contribution in [0.5, 0.6) is 0 Å². The first-order chi connectivity index (χ1) is 19.8. The number of hydrogen-bond donors (Lipinski definition) is 0. The summed E-state index contributed by atoms with van der Waals surface area (Å²) in [5.41, 5.74) is 4.32. The van der Waals surface area contributed by atoms with Crippen molar-refractivity contribution in [3.05, 3.63) is 99.1 Å². The fraction of sp³-hybridized carbons (Fsp3) is 0.344. The molecule has 0 saturated carbocycles. The largest absolute Gasteiger partial charge is 0.436 e. The minimum absolute atomic E-state index is 0.235. The number of fused-ring (bicyclic) bond motifs is 4. The van der Waals surface area contributed by atoms with Gasteiger partial charge in [-0.2, -0.15) is 0 Å². The van der Waals surface area contributed by atoms with Crippen molar-refractivity contribution in [1.82, 2.24) is 19.5 Å². The van der Waals surface area contributed by atoms with Crippen LogP contribution < -0.4 is 10.6 Å². The lowest BCUT2D eigenvalue weighted by molar-refractivity contribution is 0.0743. The van der Waals surface area contributed by atoms with E-state index in [0.29, 0.717) is 40.9 Å². The van der Waals surface area contributed by atoms with Gasteiger partial charge in [-0.05, 0) is 44.0 Å². The van der Waals surface area contributed by atoms with Gasteiger partial charge < -0.3 is 14.6 Å². The molecule has 41 heavy (non-hydrogen) atoms. The molecule has 0 bridgehead atoms. The number of benzene rings is 3. The third kappa shape index (κ3) is 4.75. The molecule has 1 aromatic heterocycles. The fourth-order valence-electron chi connectivity index (χ4n) is 5.92. The molecule has 3 aromatic carbocycles. The molecule has 1 fully saturated rings. The average Bonchev–Trinajstić information content (AvgIpc) is 3.29. The number of carbonyl (C=O) groups excluding carboxylic acids is 1. The van der Waals surface area contributed by atoms with Crippen molar-refractivity contribution in [2.24, 2.45) is 0 Å². The third-order valence-corrected chi connectivity index (χ3v) is 8.71. The summed E-state index contributed by atoms with van der Waals surface area (Å²) >= 11 is 6.50. The summed E-state index contributed by atoms with van der Waals surface area (Å²) in [5, 5.41) is 2.76. The van der Waals surface area contributed by atoms with Crippen LogP contribution in [0, 0.1) is 0 Å². The van der Waals surface area contributed by atoms with Crippen LogP contribution in [0.3, 0.4) is 0 Å². The Hall–Kier alpha value is -3.88. The highest BCUT2D eigenvalue weighted by Gasteiger charge is 2.34. The fourth-order valence-corrected chi connectivity index (χ4v) is 6.17. The number of piperazine rings is 1. The first-order valence-electron chi connectivity index (χ1n) is 14.1. The van der Waals surface area contributed by atoms with Crippen LogP contribution in [0.2, 0.25) is 5.02 Å². The summed E-state index contributed by atoms with van der Waals surface area (Å²) in [6.45, 7) is 9.16. The monoisotopic (exact) mass is 571 g/mol. The van der Waals surface area contributed by atoms with Crippen LogP contribution in [-0.4, -0.2) is 64.8 Å². The topological polar surface area (TPSA) is 70.9 Å². The van der Waals surface area contributed by atoms with Crippen molar-refractivity contribution in [3.8, 4) is 11.1 Å². The van der Waals surface area contributed by atoms with Gasteiger partial charge in [-0.3, -0.25) is 9.69 Å². The molecule has 0 spiro atoms. The summed E-state index contributed by atoms with van der Waals surface area (Å²) in [5.74, 6) is 0.467. The molecule has 1 atom stereocenters. The minimum Gasteiger partial charge on any atom is -0.436 e. The highest BCUT2D eigenvalue weighted by molar-refractivity contribution is 6.35. The predicted molar refractivity (Wildman–Crippen MR) is 162 cm³/mol. The standard InChI is InChI=1S/C32H34ClN5O3/c1-20(2)36-16-18-37(19-17-36)38-30(34-27-15-9-14-26(33)28(27)31(38)39)21(3)35(4)32(40)41-29-24-12-7-5-10-22(24)23-11-6-8-13-25(23)29/h5-15,20-21,29H,16-19H2,1-4H3/t21-/m0/s1. The van der Waals surface area contributed by atoms with Gasteiger partial charge in [-0.1, -0.05) is 66.2 Å². The Labute approximate surface area is 244 Å². The quantitative estimate of drug-likeness (QED) is 0.310. The summed E-state index contributed by atoms with van der Waals surface area (Å²) in [7, 11) is 1.69. The van der Waals surface area contributed by atoms with Crippen LogP contribution in [0.4, 0.5) is 4.79 Å². The SMILES string of the molecule is CC(C)N1CCN(n2c([C@H](C)N(C)C(=O)OC3c4ccccc4-c4ccccc43)nc3cccc(Cl)c3c2=O)CC1. The molecule has 1 aliphatic heterocycles. The lowest BCUT2D eigenvalue weighted by Gasteiger charge is -2.40. The molecule has 1 saturated heterocycles. The van der Waals surface area contributed by atoms with Gasteiger partial charge >= 0.3 is 6.09 Å². The van der Waals surface area contributed by atoms with Crippen LogP contribution in [0.1, 0.15) is 49.9 Å². The highest BCUT2D eigenvalue weighted by atomic mass is 35.5. The van der Waals surface area contributed by atoms with Gasteiger partial charge in [0.05, 0.1) is 22.0 Å². The first kappa shape index (κ1) is 27.3. The van der Waals surface area contributed by atoms with Crippen LogP contribution in [-0.2, 0) is 4.74 Å². The van der Waals surface area contributed by atoms with Crippen molar-refractivity contribution < 1.29 is 9.53 Å². The van der Waals surface area contributed by atoms with E-state index < -0.39 is 18.2 Å². The summed E-state index contributed by atoms with van der Waals surface area (Å²) in [4.78, 5) is 36.5. The molecule has 0 unspecified atom stereocenters. The molecule has 0 N–H and O–H groups in total. The smallest absolute Gasteiger partial charge is 0.411 e. The molecule has 2 aliphatic rings. The van der Waals surface area contributed by atoms with E-state index in [1.54, 1.807) is 29.9 Å². The normalized spacial score (nSPS) is 16.1. The number of aromatic nitrogens is 2. The van der Waals surface area contributed by atoms with Crippen LogP contribution in [0.25, 0.3) is 22.0 Å². The van der Waals surface area contributed by atoms with E-state index in [-0.39, 0.29) is 5.56 Å². The van der Waals surface area contributed by atoms with Crippen molar-refractivity contribution in [2.75, 3.05) is 38.2 Å². The number of hydrogen-bond acceptors (Lipinski definition) is 6. The van der Waals surface area contributed by atoms with Gasteiger partial charge in [0.1, 0.15) is 0 Å². The van der Waals surface area contributed by atoms with Crippen molar-refractivity contribution >= 4 is 28.6 Å². The number of carbonyl (C=O) groups is 1. The Kier molecular flexibility index (Phi) is 7.21. The van der Waals surface area contributed by atoms with Gasteiger partial charge in [-0.25, -0.2) is 14.5 Å². The zero-order valence-corrected chi connectivity index (χ0v) is 24.5. The van der Waals surface area contributed by atoms with E-state index in [9.17, 15) is 9.59 Å². The van der Waals surface area contributed by atoms with E-state index in [1.165, 1.54) is 4.90 Å². The lowest BCUT2D eigenvalue weighted by Crippen LogP contribution is -2.56. The van der Waals surface area contributed by atoms with Crippen LogP contribution >= 0.6 is 11.6 Å². The number of halogens is 1. The summed E-state index contributed by atoms with van der Waals surface area (Å²) < 4.78 is 7.79. The van der Waals surface area contributed by atoms with Gasteiger partial charge in [0.15, 0.2) is 11.9 Å². The molecule has 0 radical (unpaired) electrons. The second kappa shape index (κ2) is 10.8. The second-order valence-electron chi connectivity index (χ2n) is 11.0. The average molecular weight is 572 g/mol. The molecule has 1 aliphatic carbocycles. The molecule has 9 heteroatoms. The number of rotatable bonds is 5. The maximum atomic E-state index is 14.0. The molecule has 2 heterocycles. The lowest BCUT2D eigenvalue weighted by atomic mass is 10.1. The van der Waals surface area contributed by atoms with Crippen molar-refractivity contribution in [3.63, 3.8) is 0 Å². The van der Waals surface area contributed by atoms with Gasteiger partial charge in [0.25, 0.3) is 5.56 Å². The van der Waals surface area contributed by atoms with Crippen LogP contribution in [0.15, 0.2) is 71.5 Å².